The molecule has 0 aliphatic rings. The summed E-state index contributed by atoms with van der Waals surface area (Å²) in [6.07, 6.45) is 0.0379. The topological polar surface area (TPSA) is 58.6 Å². The molecule has 18 heavy (non-hydrogen) atoms. The summed E-state index contributed by atoms with van der Waals surface area (Å²) in [5, 5.41) is 11.2. The zero-order valence-corrected chi connectivity index (χ0v) is 10.2. The number of carboxylic acid groups (broad SMARTS) is 1. The van der Waals surface area contributed by atoms with E-state index in [4.69, 9.17) is 9.84 Å². The van der Waals surface area contributed by atoms with Crippen molar-refractivity contribution >= 4 is 11.7 Å². The summed E-state index contributed by atoms with van der Waals surface area (Å²) in [4.78, 5) is 10.6. The zero-order valence-electron chi connectivity index (χ0n) is 10.2. The number of anilines is 1. The van der Waals surface area contributed by atoms with Crippen LogP contribution in [0.15, 0.2) is 12.1 Å². The molecule has 0 aliphatic heterocycles. The van der Waals surface area contributed by atoms with Crippen LogP contribution in [0.25, 0.3) is 0 Å². The zero-order chi connectivity index (χ0) is 13.7. The lowest BCUT2D eigenvalue weighted by Crippen LogP contribution is -2.15. The van der Waals surface area contributed by atoms with Gasteiger partial charge in [-0.2, -0.15) is 0 Å². The minimum Gasteiger partial charge on any atom is -0.478 e. The molecule has 0 fully saturated rings. The summed E-state index contributed by atoms with van der Waals surface area (Å²) in [6, 6.07) is 1.55. The van der Waals surface area contributed by atoms with E-state index in [0.29, 0.717) is 6.61 Å². The van der Waals surface area contributed by atoms with Gasteiger partial charge in [-0.3, -0.25) is 0 Å². The maximum atomic E-state index is 13.5. The fourth-order valence-electron chi connectivity index (χ4n) is 1.34. The van der Waals surface area contributed by atoms with E-state index in [1.165, 1.54) is 0 Å². The second-order valence-electron chi connectivity index (χ2n) is 3.97. The van der Waals surface area contributed by atoms with Crippen LogP contribution in [0.5, 0.6) is 0 Å². The van der Waals surface area contributed by atoms with Gasteiger partial charge in [0.15, 0.2) is 0 Å². The highest BCUT2D eigenvalue weighted by Crippen LogP contribution is 2.20. The van der Waals surface area contributed by atoms with Crippen LogP contribution in [-0.2, 0) is 4.74 Å². The van der Waals surface area contributed by atoms with E-state index >= 15 is 0 Å². The van der Waals surface area contributed by atoms with Crippen molar-refractivity contribution in [3.63, 3.8) is 0 Å². The van der Waals surface area contributed by atoms with Crippen LogP contribution in [0.3, 0.4) is 0 Å². The number of hydrogen-bond donors (Lipinski definition) is 2. The second-order valence-corrected chi connectivity index (χ2v) is 3.97. The van der Waals surface area contributed by atoms with E-state index in [9.17, 15) is 13.6 Å². The molecule has 100 valence electrons. The number of ether oxygens (including phenoxy) is 1. The lowest BCUT2D eigenvalue weighted by atomic mass is 10.2. The van der Waals surface area contributed by atoms with Crippen LogP contribution in [0.2, 0.25) is 0 Å². The number of nitrogens with one attached hydrogen (secondary N) is 1. The standard InChI is InChI=1S/C12H15F2NO3/c1-7(2)18-4-3-15-11-9(13)5-8(12(16)17)6-10(11)14/h5-7,15H,3-4H2,1-2H3,(H,16,17). The molecule has 0 amide bonds. The van der Waals surface area contributed by atoms with Crippen molar-refractivity contribution in [2.45, 2.75) is 20.0 Å². The SMILES string of the molecule is CC(C)OCCNc1c(F)cc(C(=O)O)cc1F. The number of aromatic carboxylic acids is 1. The Balaban J connectivity index is 2.69. The van der Waals surface area contributed by atoms with Crippen molar-refractivity contribution in [2.24, 2.45) is 0 Å². The van der Waals surface area contributed by atoms with Gasteiger partial charge in [0.05, 0.1) is 18.3 Å². The molecule has 1 rings (SSSR count). The summed E-state index contributed by atoms with van der Waals surface area (Å²) < 4.78 is 32.1. The van der Waals surface area contributed by atoms with Gasteiger partial charge in [-0.05, 0) is 26.0 Å². The molecule has 2 N–H and O–H groups in total. The Kier molecular flexibility index (Phi) is 5.03. The van der Waals surface area contributed by atoms with Crippen LogP contribution in [0.4, 0.5) is 14.5 Å². The molecule has 0 saturated carbocycles. The number of benzene rings is 1. The highest BCUT2D eigenvalue weighted by molar-refractivity contribution is 5.88. The normalized spacial score (nSPS) is 10.7. The van der Waals surface area contributed by atoms with E-state index in [1.807, 2.05) is 13.8 Å². The molecule has 1 aromatic carbocycles. The molecule has 0 unspecified atom stereocenters. The third-order valence-electron chi connectivity index (χ3n) is 2.14. The van der Waals surface area contributed by atoms with Crippen LogP contribution in [0.1, 0.15) is 24.2 Å². The van der Waals surface area contributed by atoms with Gasteiger partial charge in [0.25, 0.3) is 0 Å². The summed E-state index contributed by atoms with van der Waals surface area (Å²) in [7, 11) is 0. The minimum absolute atomic E-state index is 0.0379. The number of rotatable bonds is 6. The summed E-state index contributed by atoms with van der Waals surface area (Å²) in [6.45, 7) is 4.24. The molecule has 0 bridgehead atoms. The fraction of sp³-hybridized carbons (Fsp3) is 0.417. The predicted molar refractivity (Wildman–Crippen MR) is 62.9 cm³/mol. The molecule has 0 aliphatic carbocycles. The van der Waals surface area contributed by atoms with E-state index in [-0.39, 0.29) is 18.3 Å². The predicted octanol–water partition coefficient (Wildman–Crippen LogP) is 2.50. The third kappa shape index (κ3) is 3.96. The first-order valence-electron chi connectivity index (χ1n) is 5.49. The van der Waals surface area contributed by atoms with Crippen molar-refractivity contribution < 1.29 is 23.4 Å². The summed E-state index contributed by atoms with van der Waals surface area (Å²) in [5.74, 6) is -3.24. The van der Waals surface area contributed by atoms with Crippen LogP contribution in [-0.4, -0.2) is 30.3 Å². The first-order valence-corrected chi connectivity index (χ1v) is 5.49. The number of carbonyl (C=O) groups is 1. The largest absolute Gasteiger partial charge is 0.478 e. The fourth-order valence-corrected chi connectivity index (χ4v) is 1.34. The van der Waals surface area contributed by atoms with Crippen molar-refractivity contribution in [3.05, 3.63) is 29.3 Å². The maximum absolute atomic E-state index is 13.5. The smallest absolute Gasteiger partial charge is 0.335 e. The average Bonchev–Trinajstić information content (AvgIpc) is 2.26. The van der Waals surface area contributed by atoms with Crippen molar-refractivity contribution in [1.82, 2.24) is 0 Å². The van der Waals surface area contributed by atoms with Crippen LogP contribution >= 0.6 is 0 Å². The maximum Gasteiger partial charge on any atom is 0.335 e. The first-order chi connectivity index (χ1) is 8.41. The number of carboxylic acids is 1. The molecule has 0 heterocycles. The molecule has 1 aromatic rings. The molecule has 6 heteroatoms. The average molecular weight is 259 g/mol. The Morgan fingerprint density at radius 2 is 1.94 bits per heavy atom. The summed E-state index contributed by atoms with van der Waals surface area (Å²) >= 11 is 0. The van der Waals surface area contributed by atoms with E-state index in [2.05, 4.69) is 5.32 Å². The summed E-state index contributed by atoms with van der Waals surface area (Å²) in [5.41, 5.74) is -0.763. The van der Waals surface area contributed by atoms with Gasteiger partial charge in [0, 0.05) is 6.54 Å². The molecule has 0 aromatic heterocycles. The highest BCUT2D eigenvalue weighted by Gasteiger charge is 2.14. The van der Waals surface area contributed by atoms with Gasteiger partial charge in [-0.25, -0.2) is 13.6 Å². The quantitative estimate of drug-likeness (QED) is 0.771. The molecular weight excluding hydrogens is 244 g/mol. The highest BCUT2D eigenvalue weighted by atomic mass is 19.1. The lowest BCUT2D eigenvalue weighted by molar-refractivity contribution is 0.0695. The van der Waals surface area contributed by atoms with Gasteiger partial charge in [-0.15, -0.1) is 0 Å². The molecular formula is C12H15F2NO3. The Hall–Kier alpha value is -1.69. The van der Waals surface area contributed by atoms with Gasteiger partial charge in [0.1, 0.15) is 17.3 Å². The number of halogens is 2. The molecule has 0 radical (unpaired) electrons. The Bertz CT molecular complexity index is 412. The van der Waals surface area contributed by atoms with Gasteiger partial charge in [-0.1, -0.05) is 0 Å². The Morgan fingerprint density at radius 3 is 2.39 bits per heavy atom. The minimum atomic E-state index is -1.37. The molecule has 0 saturated heterocycles. The lowest BCUT2D eigenvalue weighted by Gasteiger charge is -2.11. The first kappa shape index (κ1) is 14.4. The van der Waals surface area contributed by atoms with Crippen molar-refractivity contribution in [2.75, 3.05) is 18.5 Å². The Morgan fingerprint density at radius 1 is 1.39 bits per heavy atom. The van der Waals surface area contributed by atoms with Gasteiger partial charge in [0.2, 0.25) is 0 Å². The second kappa shape index (κ2) is 6.30. The monoisotopic (exact) mass is 259 g/mol. The van der Waals surface area contributed by atoms with E-state index in [1.54, 1.807) is 0 Å². The third-order valence-corrected chi connectivity index (χ3v) is 2.14. The molecule has 0 atom stereocenters. The van der Waals surface area contributed by atoms with Crippen molar-refractivity contribution in [3.8, 4) is 0 Å². The van der Waals surface area contributed by atoms with Crippen molar-refractivity contribution in [1.29, 1.82) is 0 Å². The van der Waals surface area contributed by atoms with E-state index in [0.717, 1.165) is 12.1 Å². The van der Waals surface area contributed by atoms with Gasteiger partial charge >= 0.3 is 5.97 Å². The Labute approximate surface area is 104 Å². The molecule has 0 spiro atoms. The van der Waals surface area contributed by atoms with E-state index < -0.39 is 23.2 Å². The van der Waals surface area contributed by atoms with Crippen LogP contribution in [0, 0.1) is 11.6 Å². The molecule has 4 nitrogen and oxygen atoms in total. The number of hydrogen-bond acceptors (Lipinski definition) is 3. The van der Waals surface area contributed by atoms with Crippen LogP contribution < -0.4 is 5.32 Å². The van der Waals surface area contributed by atoms with Gasteiger partial charge < -0.3 is 15.2 Å².